The Kier molecular flexibility index (Phi) is 6.16. The fourth-order valence-corrected chi connectivity index (χ4v) is 3.42. The Balaban J connectivity index is 1.49. The van der Waals surface area contributed by atoms with Crippen LogP contribution in [0.25, 0.3) is 10.8 Å². The minimum atomic E-state index is -0.265. The summed E-state index contributed by atoms with van der Waals surface area (Å²) in [5.41, 5.74) is 1.01. The molecule has 144 valence electrons. The molecule has 1 N–H and O–H groups in total. The smallest absolute Gasteiger partial charge is 0.409 e. The standard InChI is InChI=1S/C21H27N3O3/c1-3-27-21(26)24-12-10-18(11-13-24)22-20(25)15-23(2)19-9-8-16-6-4-5-7-17(16)14-19/h4-9,14,18H,3,10-13,15H2,1-2H3,(H,22,25). The van der Waals surface area contributed by atoms with Crippen LogP contribution in [-0.4, -0.2) is 56.2 Å². The number of nitrogens with one attached hydrogen (secondary N) is 1. The number of amides is 2. The van der Waals surface area contributed by atoms with Crippen molar-refractivity contribution in [2.45, 2.75) is 25.8 Å². The molecule has 0 atom stereocenters. The first-order chi connectivity index (χ1) is 13.1. The number of ether oxygens (including phenoxy) is 1. The predicted octanol–water partition coefficient (Wildman–Crippen LogP) is 3.01. The van der Waals surface area contributed by atoms with Crippen LogP contribution in [-0.2, 0) is 9.53 Å². The minimum absolute atomic E-state index is 0.000225. The van der Waals surface area contributed by atoms with Crippen LogP contribution in [0.5, 0.6) is 0 Å². The molecule has 3 rings (SSSR count). The molecule has 6 nitrogen and oxygen atoms in total. The zero-order valence-corrected chi connectivity index (χ0v) is 16.0. The van der Waals surface area contributed by atoms with E-state index in [-0.39, 0.29) is 18.0 Å². The summed E-state index contributed by atoms with van der Waals surface area (Å²) in [6.45, 7) is 3.72. The van der Waals surface area contributed by atoms with Gasteiger partial charge in [-0.15, -0.1) is 0 Å². The summed E-state index contributed by atoms with van der Waals surface area (Å²) in [4.78, 5) is 27.8. The molecule has 6 heteroatoms. The summed E-state index contributed by atoms with van der Waals surface area (Å²) in [6.07, 6.45) is 1.24. The van der Waals surface area contributed by atoms with E-state index < -0.39 is 0 Å². The number of likely N-dealkylation sites (tertiary alicyclic amines) is 1. The maximum absolute atomic E-state index is 12.4. The highest BCUT2D eigenvalue weighted by Crippen LogP contribution is 2.21. The van der Waals surface area contributed by atoms with Crippen molar-refractivity contribution in [2.75, 3.05) is 38.2 Å². The molecular formula is C21H27N3O3. The summed E-state index contributed by atoms with van der Waals surface area (Å²) >= 11 is 0. The van der Waals surface area contributed by atoms with Gasteiger partial charge >= 0.3 is 6.09 Å². The highest BCUT2D eigenvalue weighted by molar-refractivity contribution is 5.87. The van der Waals surface area contributed by atoms with E-state index in [9.17, 15) is 9.59 Å². The van der Waals surface area contributed by atoms with Gasteiger partial charge in [0.05, 0.1) is 13.2 Å². The third-order valence-corrected chi connectivity index (χ3v) is 4.94. The molecule has 0 aromatic heterocycles. The number of carbonyl (C=O) groups excluding carboxylic acids is 2. The largest absolute Gasteiger partial charge is 0.450 e. The average Bonchev–Trinajstić information content (AvgIpc) is 2.68. The Labute approximate surface area is 160 Å². The number of benzene rings is 2. The van der Waals surface area contributed by atoms with E-state index in [0.29, 0.717) is 26.2 Å². The number of fused-ring (bicyclic) bond motifs is 1. The molecule has 0 saturated carbocycles. The summed E-state index contributed by atoms with van der Waals surface area (Å²) < 4.78 is 5.02. The second-order valence-corrected chi connectivity index (χ2v) is 6.92. The second-order valence-electron chi connectivity index (χ2n) is 6.92. The molecule has 1 aliphatic rings. The van der Waals surface area contributed by atoms with Crippen molar-refractivity contribution in [3.8, 4) is 0 Å². The van der Waals surface area contributed by atoms with Crippen molar-refractivity contribution in [1.82, 2.24) is 10.2 Å². The lowest BCUT2D eigenvalue weighted by atomic mass is 10.1. The zero-order valence-electron chi connectivity index (χ0n) is 16.0. The number of anilines is 1. The molecule has 1 saturated heterocycles. The molecule has 2 amide bonds. The van der Waals surface area contributed by atoms with Gasteiger partial charge in [-0.25, -0.2) is 4.79 Å². The van der Waals surface area contributed by atoms with Gasteiger partial charge in [-0.2, -0.15) is 0 Å². The van der Waals surface area contributed by atoms with E-state index in [2.05, 4.69) is 29.6 Å². The average molecular weight is 369 g/mol. The molecule has 27 heavy (non-hydrogen) atoms. The van der Waals surface area contributed by atoms with Gasteiger partial charge in [0.15, 0.2) is 0 Å². The van der Waals surface area contributed by atoms with Crippen LogP contribution in [0.3, 0.4) is 0 Å². The molecule has 2 aromatic carbocycles. The van der Waals surface area contributed by atoms with Crippen LogP contribution in [0.4, 0.5) is 10.5 Å². The van der Waals surface area contributed by atoms with E-state index in [0.717, 1.165) is 23.9 Å². The summed E-state index contributed by atoms with van der Waals surface area (Å²) in [5.74, 6) is 0.000225. The molecule has 0 aliphatic carbocycles. The van der Waals surface area contributed by atoms with Gasteiger partial charge in [-0.3, -0.25) is 4.79 Å². The molecule has 0 unspecified atom stereocenters. The first-order valence-electron chi connectivity index (χ1n) is 9.48. The number of piperidine rings is 1. The van der Waals surface area contributed by atoms with Crippen molar-refractivity contribution in [1.29, 1.82) is 0 Å². The summed E-state index contributed by atoms with van der Waals surface area (Å²) in [6, 6.07) is 14.5. The number of hydrogen-bond acceptors (Lipinski definition) is 4. The monoisotopic (exact) mass is 369 g/mol. The predicted molar refractivity (Wildman–Crippen MR) is 107 cm³/mol. The van der Waals surface area contributed by atoms with Crippen LogP contribution in [0.1, 0.15) is 19.8 Å². The maximum atomic E-state index is 12.4. The van der Waals surface area contributed by atoms with Gasteiger partial charge in [0, 0.05) is 31.9 Å². The van der Waals surface area contributed by atoms with Gasteiger partial charge in [0.25, 0.3) is 0 Å². The number of rotatable bonds is 5. The summed E-state index contributed by atoms with van der Waals surface area (Å²) in [7, 11) is 1.92. The van der Waals surface area contributed by atoms with Gasteiger partial charge in [-0.1, -0.05) is 30.3 Å². The molecule has 1 aliphatic heterocycles. The normalized spacial score (nSPS) is 14.8. The fourth-order valence-electron chi connectivity index (χ4n) is 3.42. The third-order valence-electron chi connectivity index (χ3n) is 4.94. The van der Waals surface area contributed by atoms with E-state index in [1.165, 1.54) is 5.39 Å². The quantitative estimate of drug-likeness (QED) is 0.880. The van der Waals surface area contributed by atoms with Crippen molar-refractivity contribution in [3.05, 3.63) is 42.5 Å². The third kappa shape index (κ3) is 4.90. The maximum Gasteiger partial charge on any atom is 0.409 e. The van der Waals surface area contributed by atoms with E-state index >= 15 is 0 Å². The van der Waals surface area contributed by atoms with Crippen LogP contribution in [0, 0.1) is 0 Å². The SMILES string of the molecule is CCOC(=O)N1CCC(NC(=O)CN(C)c2ccc3ccccc3c2)CC1. The van der Waals surface area contributed by atoms with Crippen LogP contribution in [0.15, 0.2) is 42.5 Å². The van der Waals surface area contributed by atoms with E-state index in [4.69, 9.17) is 4.74 Å². The summed E-state index contributed by atoms with van der Waals surface area (Å²) in [5, 5.41) is 5.44. The van der Waals surface area contributed by atoms with Crippen molar-refractivity contribution in [2.24, 2.45) is 0 Å². The zero-order chi connectivity index (χ0) is 19.2. The van der Waals surface area contributed by atoms with Crippen molar-refractivity contribution >= 4 is 28.5 Å². The van der Waals surface area contributed by atoms with E-state index in [1.807, 2.05) is 30.1 Å². The Morgan fingerprint density at radius 2 is 1.85 bits per heavy atom. The number of hydrogen-bond donors (Lipinski definition) is 1. The number of nitrogens with zero attached hydrogens (tertiary/aromatic N) is 2. The van der Waals surface area contributed by atoms with Gasteiger partial charge < -0.3 is 19.9 Å². The lowest BCUT2D eigenvalue weighted by molar-refractivity contribution is -0.120. The molecular weight excluding hydrogens is 342 g/mol. The van der Waals surface area contributed by atoms with Crippen molar-refractivity contribution < 1.29 is 14.3 Å². The molecule has 1 fully saturated rings. The van der Waals surface area contributed by atoms with Gasteiger partial charge in [0.2, 0.25) is 5.91 Å². The van der Waals surface area contributed by atoms with Crippen LogP contribution in [0.2, 0.25) is 0 Å². The Morgan fingerprint density at radius 3 is 2.56 bits per heavy atom. The van der Waals surface area contributed by atoms with Crippen LogP contribution < -0.4 is 10.2 Å². The second kappa shape index (κ2) is 8.75. The molecule has 1 heterocycles. The molecule has 2 aromatic rings. The highest BCUT2D eigenvalue weighted by atomic mass is 16.6. The minimum Gasteiger partial charge on any atom is -0.450 e. The Hall–Kier alpha value is -2.76. The van der Waals surface area contributed by atoms with Crippen LogP contribution >= 0.6 is 0 Å². The lowest BCUT2D eigenvalue weighted by Crippen LogP contribution is -2.48. The Morgan fingerprint density at radius 1 is 1.15 bits per heavy atom. The Bertz CT molecular complexity index is 800. The van der Waals surface area contributed by atoms with Gasteiger partial charge in [0.1, 0.15) is 0 Å². The highest BCUT2D eigenvalue weighted by Gasteiger charge is 2.24. The van der Waals surface area contributed by atoms with Gasteiger partial charge in [-0.05, 0) is 42.7 Å². The molecule has 0 spiro atoms. The molecule has 0 radical (unpaired) electrons. The first-order valence-corrected chi connectivity index (χ1v) is 9.48. The first kappa shape index (κ1) is 19.0. The number of carbonyl (C=O) groups is 2. The van der Waals surface area contributed by atoms with E-state index in [1.54, 1.807) is 11.8 Å². The van der Waals surface area contributed by atoms with Crippen molar-refractivity contribution in [3.63, 3.8) is 0 Å². The number of likely N-dealkylation sites (N-methyl/N-ethyl adjacent to an activating group) is 1. The fraction of sp³-hybridized carbons (Fsp3) is 0.429. The molecule has 0 bridgehead atoms. The lowest BCUT2D eigenvalue weighted by Gasteiger charge is -2.32. The topological polar surface area (TPSA) is 61.9 Å².